The zero-order valence-corrected chi connectivity index (χ0v) is 13.4. The summed E-state index contributed by atoms with van der Waals surface area (Å²) in [7, 11) is 0. The van der Waals surface area contributed by atoms with Crippen molar-refractivity contribution in [2.75, 3.05) is 6.54 Å². The van der Waals surface area contributed by atoms with Crippen LogP contribution in [0.1, 0.15) is 23.1 Å². The van der Waals surface area contributed by atoms with Crippen LogP contribution in [-0.2, 0) is 19.5 Å². The van der Waals surface area contributed by atoms with E-state index in [-0.39, 0.29) is 0 Å². The molecule has 0 fully saturated rings. The van der Waals surface area contributed by atoms with Crippen molar-refractivity contribution < 1.29 is 0 Å². The highest BCUT2D eigenvalue weighted by Gasteiger charge is 2.08. The first-order valence-corrected chi connectivity index (χ1v) is 8.34. The lowest BCUT2D eigenvalue weighted by molar-refractivity contribution is 0.703. The molecule has 21 heavy (non-hydrogen) atoms. The number of nitrogens with one attached hydrogen (secondary N) is 1. The summed E-state index contributed by atoms with van der Waals surface area (Å²) in [4.78, 5) is 5.73. The number of aromatic nitrogens is 2. The summed E-state index contributed by atoms with van der Waals surface area (Å²) in [5, 5.41) is 4.79. The largest absolute Gasteiger partial charge is 0.347 e. The van der Waals surface area contributed by atoms with Gasteiger partial charge < -0.3 is 9.88 Å². The highest BCUT2D eigenvalue weighted by atomic mass is 32.1. The van der Waals surface area contributed by atoms with Crippen LogP contribution >= 0.6 is 11.3 Å². The van der Waals surface area contributed by atoms with Gasteiger partial charge in [0, 0.05) is 41.5 Å². The molecule has 0 aliphatic carbocycles. The molecule has 2 heterocycles. The second-order valence-corrected chi connectivity index (χ2v) is 6.20. The Labute approximate surface area is 129 Å². The molecule has 0 amide bonds. The maximum absolute atomic E-state index is 4.34. The van der Waals surface area contributed by atoms with Crippen LogP contribution in [0.25, 0.3) is 10.9 Å². The summed E-state index contributed by atoms with van der Waals surface area (Å²) in [5.41, 5.74) is 5.82. The average Bonchev–Trinajstić information content (AvgIpc) is 3.07. The second-order valence-electron chi connectivity index (χ2n) is 5.26. The molecule has 0 radical (unpaired) electrons. The molecule has 0 atom stereocenters. The van der Waals surface area contributed by atoms with Crippen molar-refractivity contribution in [2.45, 2.75) is 33.4 Å². The van der Waals surface area contributed by atoms with Crippen molar-refractivity contribution in [1.29, 1.82) is 0 Å². The van der Waals surface area contributed by atoms with E-state index in [1.165, 1.54) is 27.0 Å². The van der Waals surface area contributed by atoms with Crippen molar-refractivity contribution in [3.63, 3.8) is 0 Å². The Morgan fingerprint density at radius 3 is 2.90 bits per heavy atom. The van der Waals surface area contributed by atoms with Crippen LogP contribution in [0.4, 0.5) is 0 Å². The number of hydrogen-bond donors (Lipinski definition) is 1. The molecule has 0 saturated carbocycles. The minimum Gasteiger partial charge on any atom is -0.347 e. The molecule has 3 nitrogen and oxygen atoms in total. The fraction of sp³-hybridized carbons (Fsp3) is 0.353. The third-order valence-electron chi connectivity index (χ3n) is 3.86. The van der Waals surface area contributed by atoms with E-state index in [0.717, 1.165) is 26.1 Å². The monoisotopic (exact) mass is 299 g/mol. The van der Waals surface area contributed by atoms with E-state index in [9.17, 15) is 0 Å². The number of para-hydroxylation sites is 1. The molecular weight excluding hydrogens is 278 g/mol. The third kappa shape index (κ3) is 3.01. The van der Waals surface area contributed by atoms with Gasteiger partial charge in [0.25, 0.3) is 0 Å². The molecule has 0 unspecified atom stereocenters. The van der Waals surface area contributed by atoms with Crippen LogP contribution in [0, 0.1) is 6.92 Å². The molecular formula is C17H21N3S. The first-order valence-electron chi connectivity index (χ1n) is 7.46. The maximum Gasteiger partial charge on any atom is 0.0797 e. The number of thiazole rings is 1. The Kier molecular flexibility index (Phi) is 4.36. The highest BCUT2D eigenvalue weighted by Crippen LogP contribution is 2.22. The number of rotatable bonds is 6. The Hall–Kier alpha value is -1.65. The fourth-order valence-electron chi connectivity index (χ4n) is 2.70. The molecule has 0 aliphatic rings. The van der Waals surface area contributed by atoms with Gasteiger partial charge in [0.05, 0.1) is 11.2 Å². The zero-order valence-electron chi connectivity index (χ0n) is 12.6. The van der Waals surface area contributed by atoms with Gasteiger partial charge in [-0.15, -0.1) is 11.3 Å². The maximum atomic E-state index is 4.34. The number of fused-ring (bicyclic) bond motifs is 1. The van der Waals surface area contributed by atoms with E-state index >= 15 is 0 Å². The number of benzene rings is 1. The number of nitrogens with zero attached hydrogens (tertiary/aromatic N) is 2. The van der Waals surface area contributed by atoms with Gasteiger partial charge in [-0.1, -0.05) is 25.1 Å². The molecule has 2 aromatic heterocycles. The van der Waals surface area contributed by atoms with Crippen molar-refractivity contribution in [3.8, 4) is 0 Å². The van der Waals surface area contributed by atoms with E-state index in [4.69, 9.17) is 0 Å². The lowest BCUT2D eigenvalue weighted by atomic mass is 10.2. The molecule has 0 spiro atoms. The molecule has 4 heteroatoms. The molecule has 0 saturated heterocycles. The third-order valence-corrected chi connectivity index (χ3v) is 4.86. The van der Waals surface area contributed by atoms with Gasteiger partial charge >= 0.3 is 0 Å². The first-order chi connectivity index (χ1) is 10.3. The zero-order chi connectivity index (χ0) is 14.7. The first kappa shape index (κ1) is 14.3. The minimum absolute atomic E-state index is 0.934. The Morgan fingerprint density at radius 1 is 1.29 bits per heavy atom. The van der Waals surface area contributed by atoms with E-state index in [0.29, 0.717) is 0 Å². The molecule has 110 valence electrons. The van der Waals surface area contributed by atoms with Gasteiger partial charge in [0.15, 0.2) is 0 Å². The summed E-state index contributed by atoms with van der Waals surface area (Å²) >= 11 is 1.76. The Bertz CT molecular complexity index is 727. The smallest absolute Gasteiger partial charge is 0.0797 e. The van der Waals surface area contributed by atoms with Crippen LogP contribution in [0.3, 0.4) is 0 Å². The van der Waals surface area contributed by atoms with Crippen LogP contribution in [0.5, 0.6) is 0 Å². The van der Waals surface area contributed by atoms with Gasteiger partial charge in [-0.2, -0.15) is 0 Å². The summed E-state index contributed by atoms with van der Waals surface area (Å²) in [6, 6.07) is 8.67. The standard InChI is InChI=1S/C17H21N3S/c1-3-18-10-14-11-20(16-7-5-4-6-15(14)16)9-8-17-13(2)19-12-21-17/h4-7,11-12,18H,3,8-10H2,1-2H3. The lowest BCUT2D eigenvalue weighted by Gasteiger charge is -2.04. The van der Waals surface area contributed by atoms with Crippen molar-refractivity contribution in [3.05, 3.63) is 52.1 Å². The van der Waals surface area contributed by atoms with Crippen LogP contribution < -0.4 is 5.32 Å². The summed E-state index contributed by atoms with van der Waals surface area (Å²) in [6.45, 7) is 7.18. The molecule has 1 aromatic carbocycles. The van der Waals surface area contributed by atoms with E-state index in [1.54, 1.807) is 11.3 Å². The predicted molar refractivity (Wildman–Crippen MR) is 89.9 cm³/mol. The van der Waals surface area contributed by atoms with Gasteiger partial charge in [0.1, 0.15) is 0 Å². The van der Waals surface area contributed by atoms with Crippen molar-refractivity contribution >= 4 is 22.2 Å². The van der Waals surface area contributed by atoms with Gasteiger partial charge in [-0.05, 0) is 25.1 Å². The second kappa shape index (κ2) is 6.41. The average molecular weight is 299 g/mol. The highest BCUT2D eigenvalue weighted by molar-refractivity contribution is 7.09. The van der Waals surface area contributed by atoms with E-state index in [2.05, 4.69) is 59.2 Å². The SMILES string of the molecule is CCNCc1cn(CCc2scnc2C)c2ccccc12. The summed E-state index contributed by atoms with van der Waals surface area (Å²) in [6.07, 6.45) is 3.35. The topological polar surface area (TPSA) is 29.9 Å². The van der Waals surface area contributed by atoms with Gasteiger partial charge in [-0.3, -0.25) is 0 Å². The molecule has 3 aromatic rings. The van der Waals surface area contributed by atoms with E-state index in [1.807, 2.05) is 5.51 Å². The quantitative estimate of drug-likeness (QED) is 0.751. The molecule has 3 rings (SSSR count). The molecule has 0 aliphatic heterocycles. The predicted octanol–water partition coefficient (Wildman–Crippen LogP) is 3.76. The van der Waals surface area contributed by atoms with Gasteiger partial charge in [-0.25, -0.2) is 4.98 Å². The van der Waals surface area contributed by atoms with Crippen molar-refractivity contribution in [2.24, 2.45) is 0 Å². The normalized spacial score (nSPS) is 11.3. The van der Waals surface area contributed by atoms with E-state index < -0.39 is 0 Å². The lowest BCUT2D eigenvalue weighted by Crippen LogP contribution is -2.11. The number of hydrogen-bond acceptors (Lipinski definition) is 3. The fourth-order valence-corrected chi connectivity index (χ4v) is 3.47. The molecule has 1 N–H and O–H groups in total. The van der Waals surface area contributed by atoms with Gasteiger partial charge in [0.2, 0.25) is 0 Å². The van der Waals surface area contributed by atoms with Crippen LogP contribution in [0.2, 0.25) is 0 Å². The summed E-state index contributed by atoms with van der Waals surface area (Å²) in [5.74, 6) is 0. The molecule has 0 bridgehead atoms. The van der Waals surface area contributed by atoms with Crippen LogP contribution in [0.15, 0.2) is 36.0 Å². The van der Waals surface area contributed by atoms with Crippen LogP contribution in [-0.4, -0.2) is 16.1 Å². The van der Waals surface area contributed by atoms with Crippen molar-refractivity contribution in [1.82, 2.24) is 14.9 Å². The summed E-state index contributed by atoms with van der Waals surface area (Å²) < 4.78 is 2.38. The Morgan fingerprint density at radius 2 is 2.14 bits per heavy atom. The minimum atomic E-state index is 0.934. The number of aryl methyl sites for hydroxylation is 3. The Balaban J connectivity index is 1.86.